The summed E-state index contributed by atoms with van der Waals surface area (Å²) in [6.45, 7) is -0.707. The molecule has 1 aromatic carbocycles. The molecule has 1 aromatic heterocycles. The quantitative estimate of drug-likeness (QED) is 0.535. The van der Waals surface area contributed by atoms with Crippen LogP contribution in [0.2, 0.25) is 0 Å². The first kappa shape index (κ1) is 22.3. The second kappa shape index (κ2) is 9.18. The molecule has 31 heavy (non-hydrogen) atoms. The zero-order chi connectivity index (χ0) is 22.6. The summed E-state index contributed by atoms with van der Waals surface area (Å²) in [5.41, 5.74) is 5.04. The summed E-state index contributed by atoms with van der Waals surface area (Å²) in [7, 11) is 0. The van der Waals surface area contributed by atoms with Gasteiger partial charge >= 0.3 is 17.6 Å². The summed E-state index contributed by atoms with van der Waals surface area (Å²) in [5.74, 6) is -5.51. The van der Waals surface area contributed by atoms with E-state index in [1.54, 1.807) is 30.3 Å². The number of ether oxygens (including phenoxy) is 2. The highest BCUT2D eigenvalue weighted by atomic mass is 19.3. The van der Waals surface area contributed by atoms with Crippen LogP contribution in [-0.2, 0) is 19.1 Å². The molecule has 3 rings (SSSR count). The second-order valence-electron chi connectivity index (χ2n) is 6.77. The van der Waals surface area contributed by atoms with Crippen molar-refractivity contribution in [2.45, 2.75) is 37.2 Å². The number of hydrogen-bond acceptors (Lipinski definition) is 8. The Hall–Kier alpha value is -3.38. The van der Waals surface area contributed by atoms with Crippen molar-refractivity contribution in [1.29, 1.82) is 0 Å². The van der Waals surface area contributed by atoms with Gasteiger partial charge in [0.05, 0.1) is 6.42 Å². The zero-order valence-corrected chi connectivity index (χ0v) is 16.1. The van der Waals surface area contributed by atoms with Gasteiger partial charge in [-0.25, -0.2) is 14.3 Å². The van der Waals surface area contributed by atoms with Crippen LogP contribution in [0.25, 0.3) is 0 Å². The number of hydrogen-bond donors (Lipinski definition) is 3. The average Bonchev–Trinajstić information content (AvgIpc) is 2.95. The summed E-state index contributed by atoms with van der Waals surface area (Å²) in [4.78, 5) is 38.9. The van der Waals surface area contributed by atoms with Crippen LogP contribution in [0.15, 0.2) is 47.4 Å². The van der Waals surface area contributed by atoms with Gasteiger partial charge in [0.2, 0.25) is 12.1 Å². The number of esters is 1. The Morgan fingerprint density at radius 3 is 2.65 bits per heavy atom. The number of alkyl halides is 2. The Morgan fingerprint density at radius 2 is 1.97 bits per heavy atom. The molecular weight excluding hydrogens is 418 g/mol. The Balaban J connectivity index is 1.54. The fraction of sp³-hybridized carbons (Fsp3) is 0.368. The largest absolute Gasteiger partial charge is 0.463 e. The molecule has 0 spiro atoms. The fourth-order valence-corrected chi connectivity index (χ4v) is 2.96. The van der Waals surface area contributed by atoms with Gasteiger partial charge in [-0.3, -0.25) is 9.59 Å². The first-order chi connectivity index (χ1) is 14.7. The van der Waals surface area contributed by atoms with Gasteiger partial charge in [-0.1, -0.05) is 18.2 Å². The van der Waals surface area contributed by atoms with Crippen LogP contribution < -0.4 is 16.7 Å². The molecule has 10 nitrogen and oxygen atoms in total. The summed E-state index contributed by atoms with van der Waals surface area (Å²) in [6, 6.07) is 9.71. The van der Waals surface area contributed by atoms with E-state index in [1.165, 1.54) is 0 Å². The number of rotatable bonds is 7. The van der Waals surface area contributed by atoms with Crippen molar-refractivity contribution in [1.82, 2.24) is 9.55 Å². The molecule has 0 saturated carbocycles. The van der Waals surface area contributed by atoms with E-state index in [4.69, 9.17) is 15.2 Å². The van der Waals surface area contributed by atoms with Crippen molar-refractivity contribution in [2.75, 3.05) is 17.7 Å². The molecule has 1 aliphatic rings. The number of nitrogen functional groups attached to an aromatic ring is 1. The van der Waals surface area contributed by atoms with E-state index in [0.29, 0.717) is 10.3 Å². The number of aliphatic hydroxyl groups is 1. The number of aliphatic hydroxyl groups excluding tert-OH is 1. The molecule has 0 radical (unpaired) electrons. The van der Waals surface area contributed by atoms with Gasteiger partial charge in [0.1, 0.15) is 18.5 Å². The van der Waals surface area contributed by atoms with Gasteiger partial charge in [0, 0.05) is 18.3 Å². The minimum absolute atomic E-state index is 0.192. The highest BCUT2D eigenvalue weighted by Crippen LogP contribution is 2.43. The SMILES string of the molecule is Nc1ccnc(=O)n1[C@@H]1O[C@H](COC(=O)CCC(=O)Nc2ccccc2)[C@@H](O)C1(F)F. The topological polar surface area (TPSA) is 146 Å². The molecule has 1 aliphatic heterocycles. The molecule has 0 aliphatic carbocycles. The first-order valence-electron chi connectivity index (χ1n) is 9.25. The van der Waals surface area contributed by atoms with E-state index >= 15 is 0 Å². The minimum Gasteiger partial charge on any atom is -0.463 e. The van der Waals surface area contributed by atoms with E-state index < -0.39 is 48.5 Å². The van der Waals surface area contributed by atoms with Gasteiger partial charge in [0.25, 0.3) is 0 Å². The van der Waals surface area contributed by atoms with Crippen molar-refractivity contribution >= 4 is 23.4 Å². The minimum atomic E-state index is -3.90. The summed E-state index contributed by atoms with van der Waals surface area (Å²) in [5, 5.41) is 12.5. The van der Waals surface area contributed by atoms with E-state index in [-0.39, 0.29) is 18.7 Å². The number of carbonyl (C=O) groups excluding carboxylic acids is 2. The van der Waals surface area contributed by atoms with Gasteiger partial charge in [-0.2, -0.15) is 8.78 Å². The van der Waals surface area contributed by atoms with Gasteiger partial charge < -0.3 is 25.6 Å². The maximum absolute atomic E-state index is 14.5. The molecule has 0 unspecified atom stereocenters. The maximum Gasteiger partial charge on any atom is 0.351 e. The summed E-state index contributed by atoms with van der Waals surface area (Å²) in [6.07, 6.45) is -5.65. The van der Waals surface area contributed by atoms with Crippen molar-refractivity contribution in [2.24, 2.45) is 0 Å². The van der Waals surface area contributed by atoms with Crippen LogP contribution in [0, 0.1) is 0 Å². The molecule has 166 valence electrons. The highest BCUT2D eigenvalue weighted by Gasteiger charge is 2.60. The standard InChI is InChI=1S/C19H20F2N4O6/c20-19(21)16(28)12(31-17(19)25-13(22)8-9-23-18(25)29)10-30-15(27)7-6-14(26)24-11-4-2-1-3-5-11/h1-5,8-9,12,16-17,28H,6-7,10,22H2,(H,24,26)/t12-,16-,17-/m1/s1. The predicted octanol–water partition coefficient (Wildman–Crippen LogP) is 0.681. The molecule has 1 saturated heterocycles. The number of halogens is 2. The maximum atomic E-state index is 14.5. The third-order valence-electron chi connectivity index (χ3n) is 4.55. The van der Waals surface area contributed by atoms with Gasteiger partial charge in [0.15, 0.2) is 6.10 Å². The van der Waals surface area contributed by atoms with Crippen LogP contribution in [0.4, 0.5) is 20.3 Å². The van der Waals surface area contributed by atoms with Crippen molar-refractivity contribution in [3.05, 3.63) is 53.1 Å². The molecule has 12 heteroatoms. The summed E-state index contributed by atoms with van der Waals surface area (Å²) >= 11 is 0. The highest BCUT2D eigenvalue weighted by molar-refractivity contribution is 5.92. The number of amides is 1. The molecule has 4 N–H and O–H groups in total. The molecule has 2 heterocycles. The Labute approximate surface area is 174 Å². The lowest BCUT2D eigenvalue weighted by Gasteiger charge is -2.22. The number of nitrogens with one attached hydrogen (secondary N) is 1. The number of anilines is 2. The van der Waals surface area contributed by atoms with E-state index in [1.807, 2.05) is 0 Å². The van der Waals surface area contributed by atoms with Crippen LogP contribution in [0.3, 0.4) is 0 Å². The van der Waals surface area contributed by atoms with Crippen molar-refractivity contribution in [3.63, 3.8) is 0 Å². The van der Waals surface area contributed by atoms with Crippen LogP contribution in [0.5, 0.6) is 0 Å². The molecule has 3 atom stereocenters. The Kier molecular flexibility index (Phi) is 6.61. The van der Waals surface area contributed by atoms with E-state index in [2.05, 4.69) is 10.3 Å². The molecular formula is C19H20F2N4O6. The predicted molar refractivity (Wildman–Crippen MR) is 103 cm³/mol. The number of benzene rings is 1. The lowest BCUT2D eigenvalue weighted by Crippen LogP contribution is -2.42. The third-order valence-corrected chi connectivity index (χ3v) is 4.55. The molecule has 0 bridgehead atoms. The Morgan fingerprint density at radius 1 is 1.26 bits per heavy atom. The van der Waals surface area contributed by atoms with Crippen LogP contribution in [-0.4, -0.2) is 51.3 Å². The van der Waals surface area contributed by atoms with Crippen molar-refractivity contribution in [3.8, 4) is 0 Å². The van der Waals surface area contributed by atoms with E-state index in [9.17, 15) is 28.3 Å². The average molecular weight is 438 g/mol. The van der Waals surface area contributed by atoms with Gasteiger partial charge in [-0.05, 0) is 18.2 Å². The van der Waals surface area contributed by atoms with E-state index in [0.717, 1.165) is 12.3 Å². The normalized spacial score (nSPS) is 22.1. The summed E-state index contributed by atoms with van der Waals surface area (Å²) < 4.78 is 39.3. The Bertz CT molecular complexity index is 1000. The smallest absolute Gasteiger partial charge is 0.351 e. The molecule has 1 amide bonds. The number of carbonyl (C=O) groups is 2. The lowest BCUT2D eigenvalue weighted by atomic mass is 10.1. The molecule has 1 fully saturated rings. The first-order valence-corrected chi connectivity index (χ1v) is 9.25. The van der Waals surface area contributed by atoms with Crippen LogP contribution >= 0.6 is 0 Å². The lowest BCUT2D eigenvalue weighted by molar-refractivity contribution is -0.151. The monoisotopic (exact) mass is 438 g/mol. The van der Waals surface area contributed by atoms with Crippen molar-refractivity contribution < 1.29 is 33.0 Å². The fourth-order valence-electron chi connectivity index (χ4n) is 2.96. The number of nitrogens with zero attached hydrogens (tertiary/aromatic N) is 2. The third kappa shape index (κ3) is 5.03. The number of aromatic nitrogens is 2. The van der Waals surface area contributed by atoms with Gasteiger partial charge in [-0.15, -0.1) is 0 Å². The second-order valence-corrected chi connectivity index (χ2v) is 6.77. The zero-order valence-electron chi connectivity index (χ0n) is 16.1. The number of nitrogens with two attached hydrogens (primary N) is 1. The molecule has 2 aromatic rings. The van der Waals surface area contributed by atoms with Crippen LogP contribution in [0.1, 0.15) is 19.1 Å². The number of para-hydroxylation sites is 1.